The van der Waals surface area contributed by atoms with Gasteiger partial charge in [0.25, 0.3) is 0 Å². The summed E-state index contributed by atoms with van der Waals surface area (Å²) in [4.78, 5) is 2.31. The highest BCUT2D eigenvalue weighted by atomic mass is 15.1. The first kappa shape index (κ1) is 20.5. The van der Waals surface area contributed by atoms with Gasteiger partial charge in [0.1, 0.15) is 0 Å². The molecular formula is C29H33N. The predicted octanol–water partition coefficient (Wildman–Crippen LogP) is 7.80. The summed E-state index contributed by atoms with van der Waals surface area (Å²) < 4.78 is 0. The van der Waals surface area contributed by atoms with E-state index in [1.165, 1.54) is 63.2 Å². The maximum atomic E-state index is 4.36. The van der Waals surface area contributed by atoms with Gasteiger partial charge in [0.05, 0.1) is 0 Å². The normalized spacial score (nSPS) is 15.6. The van der Waals surface area contributed by atoms with Crippen LogP contribution in [-0.2, 0) is 12.8 Å². The molecule has 0 heterocycles. The monoisotopic (exact) mass is 395 g/mol. The van der Waals surface area contributed by atoms with Crippen molar-refractivity contribution >= 4 is 5.69 Å². The molecule has 0 unspecified atom stereocenters. The van der Waals surface area contributed by atoms with Crippen LogP contribution in [0.3, 0.4) is 0 Å². The molecule has 0 N–H and O–H groups in total. The minimum Gasteiger partial charge on any atom is -0.349 e. The van der Waals surface area contributed by atoms with Crippen LogP contribution in [0.1, 0.15) is 50.7 Å². The standard InChI is InChI=1S/C29H33N/c1-5-28(17-8-22(3)23-9-6-21(2)7-10-23)30(4)29-18-15-25(16-19-29)27-14-12-24-11-13-26(24)20-27/h5-6,9,12,14-16,18-20H,3,7-8,10-11,13,17H2,1-2,4H3/b28-5+. The van der Waals surface area contributed by atoms with Crippen LogP contribution in [0.5, 0.6) is 0 Å². The molecule has 0 aliphatic heterocycles. The fourth-order valence-corrected chi connectivity index (χ4v) is 4.40. The average molecular weight is 396 g/mol. The first-order valence-corrected chi connectivity index (χ1v) is 11.2. The molecule has 0 spiro atoms. The van der Waals surface area contributed by atoms with Crippen molar-refractivity contribution in [2.45, 2.75) is 52.4 Å². The van der Waals surface area contributed by atoms with E-state index in [2.05, 4.69) is 93.1 Å². The molecule has 0 amide bonds. The molecule has 0 radical (unpaired) electrons. The average Bonchev–Trinajstić information content (AvgIpc) is 2.75. The molecule has 2 aliphatic rings. The summed E-state index contributed by atoms with van der Waals surface area (Å²) >= 11 is 0. The van der Waals surface area contributed by atoms with E-state index in [4.69, 9.17) is 0 Å². The Hall–Kier alpha value is -2.80. The SMILES string of the molecule is C=C(CC/C(=C\C)N(C)c1ccc(-c2ccc3c(c2)CC3)cc1)C1=CC=C(C)CC1. The van der Waals surface area contributed by atoms with Crippen LogP contribution in [0, 0.1) is 0 Å². The van der Waals surface area contributed by atoms with Crippen molar-refractivity contribution in [2.24, 2.45) is 0 Å². The molecule has 1 nitrogen and oxygen atoms in total. The van der Waals surface area contributed by atoms with Crippen molar-refractivity contribution in [1.82, 2.24) is 0 Å². The lowest BCUT2D eigenvalue weighted by Crippen LogP contribution is -2.16. The zero-order valence-electron chi connectivity index (χ0n) is 18.7. The van der Waals surface area contributed by atoms with Crippen molar-refractivity contribution in [3.8, 4) is 11.1 Å². The van der Waals surface area contributed by atoms with Gasteiger partial charge in [-0.2, -0.15) is 0 Å². The number of hydrogen-bond acceptors (Lipinski definition) is 1. The predicted molar refractivity (Wildman–Crippen MR) is 131 cm³/mol. The molecule has 1 heteroatoms. The van der Waals surface area contributed by atoms with E-state index >= 15 is 0 Å². The number of hydrogen-bond donors (Lipinski definition) is 0. The number of nitrogens with zero attached hydrogens (tertiary/aromatic N) is 1. The third-order valence-corrected chi connectivity index (χ3v) is 6.72. The van der Waals surface area contributed by atoms with Crippen molar-refractivity contribution in [3.05, 3.63) is 101 Å². The third-order valence-electron chi connectivity index (χ3n) is 6.72. The summed E-state index contributed by atoms with van der Waals surface area (Å²) in [7, 11) is 2.17. The van der Waals surface area contributed by atoms with Crippen LogP contribution < -0.4 is 4.90 Å². The van der Waals surface area contributed by atoms with E-state index in [0.717, 1.165) is 25.7 Å². The minimum absolute atomic E-state index is 1.01. The first-order valence-electron chi connectivity index (χ1n) is 11.2. The maximum Gasteiger partial charge on any atom is 0.0405 e. The maximum absolute atomic E-state index is 4.36. The highest BCUT2D eigenvalue weighted by Crippen LogP contribution is 2.31. The smallest absolute Gasteiger partial charge is 0.0405 e. The van der Waals surface area contributed by atoms with Gasteiger partial charge >= 0.3 is 0 Å². The van der Waals surface area contributed by atoms with Crippen LogP contribution in [0.25, 0.3) is 11.1 Å². The molecule has 0 fully saturated rings. The summed E-state index contributed by atoms with van der Waals surface area (Å²) in [6.07, 6.45) is 13.5. The van der Waals surface area contributed by atoms with Gasteiger partial charge in [-0.15, -0.1) is 0 Å². The summed E-state index contributed by atoms with van der Waals surface area (Å²) in [5, 5.41) is 0. The highest BCUT2D eigenvalue weighted by Gasteiger charge is 2.14. The van der Waals surface area contributed by atoms with E-state index in [1.54, 1.807) is 0 Å². The largest absolute Gasteiger partial charge is 0.349 e. The number of aryl methyl sites for hydroxylation is 2. The van der Waals surface area contributed by atoms with Gasteiger partial charge in [-0.25, -0.2) is 0 Å². The highest BCUT2D eigenvalue weighted by molar-refractivity contribution is 5.68. The van der Waals surface area contributed by atoms with Crippen molar-refractivity contribution in [1.29, 1.82) is 0 Å². The summed E-state index contributed by atoms with van der Waals surface area (Å²) in [6, 6.07) is 15.9. The van der Waals surface area contributed by atoms with Crippen LogP contribution in [0.2, 0.25) is 0 Å². The summed E-state index contributed by atoms with van der Waals surface area (Å²) in [5.74, 6) is 0. The molecule has 0 aromatic heterocycles. The Morgan fingerprint density at radius 1 is 0.900 bits per heavy atom. The minimum atomic E-state index is 1.01. The number of rotatable bonds is 7. The molecule has 30 heavy (non-hydrogen) atoms. The zero-order valence-corrected chi connectivity index (χ0v) is 18.7. The number of benzene rings is 2. The Balaban J connectivity index is 1.40. The van der Waals surface area contributed by atoms with Crippen LogP contribution >= 0.6 is 0 Å². The van der Waals surface area contributed by atoms with Gasteiger partial charge in [-0.3, -0.25) is 0 Å². The summed E-state index contributed by atoms with van der Waals surface area (Å²) in [6.45, 7) is 8.70. The quantitative estimate of drug-likeness (QED) is 0.462. The molecule has 0 saturated carbocycles. The number of fused-ring (bicyclic) bond motifs is 1. The van der Waals surface area contributed by atoms with Gasteiger partial charge in [-0.1, -0.05) is 66.3 Å². The van der Waals surface area contributed by atoms with E-state index in [1.807, 2.05) is 0 Å². The molecule has 154 valence electrons. The topological polar surface area (TPSA) is 3.24 Å². The van der Waals surface area contributed by atoms with E-state index in [-0.39, 0.29) is 0 Å². The Morgan fingerprint density at radius 2 is 1.63 bits per heavy atom. The molecule has 2 aromatic carbocycles. The second-order valence-electron chi connectivity index (χ2n) is 8.68. The lowest BCUT2D eigenvalue weighted by Gasteiger charge is -2.24. The molecule has 0 saturated heterocycles. The third kappa shape index (κ3) is 4.36. The Bertz CT molecular complexity index is 1030. The van der Waals surface area contributed by atoms with Crippen molar-refractivity contribution < 1.29 is 0 Å². The van der Waals surface area contributed by atoms with Crippen molar-refractivity contribution in [2.75, 3.05) is 11.9 Å². The lowest BCUT2D eigenvalue weighted by molar-refractivity contribution is 0.840. The molecule has 4 rings (SSSR count). The van der Waals surface area contributed by atoms with Gasteiger partial charge in [0.2, 0.25) is 0 Å². The first-order chi connectivity index (χ1) is 14.5. The van der Waals surface area contributed by atoms with Gasteiger partial charge in [0, 0.05) is 18.4 Å². The number of allylic oxidation sites excluding steroid dienone is 7. The van der Waals surface area contributed by atoms with Gasteiger partial charge < -0.3 is 4.90 Å². The molecular weight excluding hydrogens is 362 g/mol. The second-order valence-corrected chi connectivity index (χ2v) is 8.68. The van der Waals surface area contributed by atoms with Crippen LogP contribution in [0.15, 0.2) is 89.7 Å². The van der Waals surface area contributed by atoms with Gasteiger partial charge in [-0.05, 0) is 92.3 Å². The zero-order chi connectivity index (χ0) is 21.1. The fraction of sp³-hybridized carbons (Fsp3) is 0.310. The van der Waals surface area contributed by atoms with Crippen LogP contribution in [0.4, 0.5) is 5.69 Å². The van der Waals surface area contributed by atoms with E-state index in [0.29, 0.717) is 0 Å². The van der Waals surface area contributed by atoms with Crippen molar-refractivity contribution in [3.63, 3.8) is 0 Å². The Morgan fingerprint density at radius 3 is 2.23 bits per heavy atom. The molecule has 0 atom stereocenters. The fourth-order valence-electron chi connectivity index (χ4n) is 4.40. The molecule has 2 aromatic rings. The van der Waals surface area contributed by atoms with E-state index < -0.39 is 0 Å². The Kier molecular flexibility index (Phi) is 6.08. The van der Waals surface area contributed by atoms with Crippen LogP contribution in [-0.4, -0.2) is 7.05 Å². The van der Waals surface area contributed by atoms with Gasteiger partial charge in [0.15, 0.2) is 0 Å². The molecule has 2 aliphatic carbocycles. The second kappa shape index (κ2) is 8.92. The molecule has 0 bridgehead atoms. The number of anilines is 1. The summed E-state index contributed by atoms with van der Waals surface area (Å²) in [5.41, 5.74) is 12.4. The van der Waals surface area contributed by atoms with E-state index in [9.17, 15) is 0 Å². The lowest BCUT2D eigenvalue weighted by atomic mass is 9.86. The Labute approximate surface area is 182 Å².